The minimum atomic E-state index is -0.0530. The largest absolute Gasteiger partial charge is 0.458 e. The maximum atomic E-state index is 12.2. The van der Waals surface area contributed by atoms with E-state index in [0.29, 0.717) is 19.1 Å². The van der Waals surface area contributed by atoms with E-state index in [1.165, 1.54) is 0 Å². The lowest BCUT2D eigenvalue weighted by atomic mass is 10.3. The lowest BCUT2D eigenvalue weighted by Crippen LogP contribution is -2.33. The van der Waals surface area contributed by atoms with Crippen LogP contribution in [0.5, 0.6) is 6.01 Å². The van der Waals surface area contributed by atoms with Crippen molar-refractivity contribution in [2.24, 2.45) is 0 Å². The first kappa shape index (κ1) is 14.5. The van der Waals surface area contributed by atoms with E-state index < -0.39 is 0 Å². The van der Waals surface area contributed by atoms with E-state index in [-0.39, 0.29) is 18.6 Å². The zero-order chi connectivity index (χ0) is 15.5. The second kappa shape index (κ2) is 6.13. The summed E-state index contributed by atoms with van der Waals surface area (Å²) in [6.07, 6.45) is 4.19. The molecule has 0 N–H and O–H groups in total. The van der Waals surface area contributed by atoms with Gasteiger partial charge in [0, 0.05) is 36.7 Å². The predicted molar refractivity (Wildman–Crippen MR) is 79.3 cm³/mol. The normalized spacial score (nSPS) is 17.7. The molecule has 0 aliphatic carbocycles. The number of aromatic nitrogens is 4. The van der Waals surface area contributed by atoms with Gasteiger partial charge in [-0.05, 0) is 26.0 Å². The van der Waals surface area contributed by atoms with Crippen molar-refractivity contribution in [3.8, 4) is 6.01 Å². The van der Waals surface area contributed by atoms with Crippen LogP contribution in [0.25, 0.3) is 0 Å². The number of hydrogen-bond acceptors (Lipinski definition) is 5. The molecule has 1 aliphatic rings. The van der Waals surface area contributed by atoms with Crippen LogP contribution in [0.4, 0.5) is 0 Å². The number of ether oxygens (including phenoxy) is 1. The van der Waals surface area contributed by atoms with Gasteiger partial charge < -0.3 is 9.64 Å². The van der Waals surface area contributed by atoms with Crippen molar-refractivity contribution < 1.29 is 9.53 Å². The Morgan fingerprint density at radius 1 is 1.36 bits per heavy atom. The number of carbonyl (C=O) groups is 1. The van der Waals surface area contributed by atoms with E-state index in [9.17, 15) is 4.79 Å². The fourth-order valence-corrected chi connectivity index (χ4v) is 2.58. The summed E-state index contributed by atoms with van der Waals surface area (Å²) in [5.41, 5.74) is 1.76. The Hall–Kier alpha value is -2.44. The number of hydrogen-bond donors (Lipinski definition) is 0. The van der Waals surface area contributed by atoms with Gasteiger partial charge in [-0.3, -0.25) is 9.48 Å². The molecule has 116 valence electrons. The summed E-state index contributed by atoms with van der Waals surface area (Å²) in [7, 11) is 0. The number of likely N-dealkylation sites (tertiary alicyclic amines) is 1. The fraction of sp³-hybridized carbons (Fsp3) is 0.467. The first-order valence-electron chi connectivity index (χ1n) is 7.34. The summed E-state index contributed by atoms with van der Waals surface area (Å²) in [6, 6.07) is 4.10. The SMILES string of the molecule is Cc1cc(C)nc(O[C@@H]2CCN(C(=O)Cn3cccn3)C2)n1. The number of rotatable bonds is 4. The number of nitrogens with zero attached hydrogens (tertiary/aromatic N) is 5. The van der Waals surface area contributed by atoms with Gasteiger partial charge in [0.15, 0.2) is 0 Å². The Morgan fingerprint density at radius 3 is 2.82 bits per heavy atom. The molecular formula is C15H19N5O2. The molecule has 2 aromatic rings. The molecule has 2 aromatic heterocycles. The lowest BCUT2D eigenvalue weighted by molar-refractivity contribution is -0.131. The minimum Gasteiger partial charge on any atom is -0.458 e. The molecule has 0 spiro atoms. The highest BCUT2D eigenvalue weighted by Crippen LogP contribution is 2.16. The van der Waals surface area contributed by atoms with Crippen LogP contribution in [0.15, 0.2) is 24.5 Å². The first-order valence-corrected chi connectivity index (χ1v) is 7.34. The predicted octanol–water partition coefficient (Wildman–Crippen LogP) is 0.970. The van der Waals surface area contributed by atoms with Gasteiger partial charge in [-0.15, -0.1) is 0 Å². The van der Waals surface area contributed by atoms with Crippen LogP contribution >= 0.6 is 0 Å². The molecule has 7 heteroatoms. The average Bonchev–Trinajstić information content (AvgIpc) is 3.09. The van der Waals surface area contributed by atoms with Crippen LogP contribution in [0.2, 0.25) is 0 Å². The van der Waals surface area contributed by atoms with Gasteiger partial charge in [-0.1, -0.05) is 0 Å². The van der Waals surface area contributed by atoms with E-state index in [0.717, 1.165) is 17.8 Å². The maximum absolute atomic E-state index is 12.2. The average molecular weight is 301 g/mol. The zero-order valence-electron chi connectivity index (χ0n) is 12.8. The number of aryl methyl sites for hydroxylation is 2. The second-order valence-corrected chi connectivity index (χ2v) is 5.51. The van der Waals surface area contributed by atoms with Crippen LogP contribution in [0.1, 0.15) is 17.8 Å². The molecule has 1 atom stereocenters. The third-order valence-corrected chi connectivity index (χ3v) is 3.59. The molecule has 7 nitrogen and oxygen atoms in total. The molecule has 22 heavy (non-hydrogen) atoms. The molecule has 3 heterocycles. The zero-order valence-corrected chi connectivity index (χ0v) is 12.8. The summed E-state index contributed by atoms with van der Waals surface area (Å²) >= 11 is 0. The van der Waals surface area contributed by atoms with Crippen molar-refractivity contribution in [2.45, 2.75) is 32.9 Å². The first-order chi connectivity index (χ1) is 10.6. The summed E-state index contributed by atoms with van der Waals surface area (Å²) in [5.74, 6) is 0.0520. The molecule has 3 rings (SSSR count). The molecule has 1 amide bonds. The minimum absolute atomic E-state index is 0.0520. The summed E-state index contributed by atoms with van der Waals surface area (Å²) < 4.78 is 7.44. The summed E-state index contributed by atoms with van der Waals surface area (Å²) in [5, 5.41) is 4.05. The van der Waals surface area contributed by atoms with E-state index >= 15 is 0 Å². The molecule has 0 bridgehead atoms. The molecule has 0 saturated carbocycles. The lowest BCUT2D eigenvalue weighted by Gasteiger charge is -2.16. The Morgan fingerprint density at radius 2 is 2.14 bits per heavy atom. The second-order valence-electron chi connectivity index (χ2n) is 5.51. The third kappa shape index (κ3) is 3.41. The summed E-state index contributed by atoms with van der Waals surface area (Å²) in [6.45, 7) is 5.35. The van der Waals surface area contributed by atoms with E-state index in [1.807, 2.05) is 19.9 Å². The van der Waals surface area contributed by atoms with E-state index in [2.05, 4.69) is 15.1 Å². The molecule has 1 fully saturated rings. The Labute approximate surface area is 128 Å². The van der Waals surface area contributed by atoms with Gasteiger partial charge in [-0.2, -0.15) is 5.10 Å². The van der Waals surface area contributed by atoms with Crippen molar-refractivity contribution >= 4 is 5.91 Å². The Balaban J connectivity index is 1.56. The van der Waals surface area contributed by atoms with Gasteiger partial charge in [0.25, 0.3) is 0 Å². The molecule has 1 aliphatic heterocycles. The standard InChI is InChI=1S/C15H19N5O2/c1-11-8-12(2)18-15(17-11)22-13-4-7-19(9-13)14(21)10-20-6-3-5-16-20/h3,5-6,8,13H,4,7,9-10H2,1-2H3/t13-/m1/s1. The monoisotopic (exact) mass is 301 g/mol. The van der Waals surface area contributed by atoms with Crippen LogP contribution < -0.4 is 4.74 Å². The van der Waals surface area contributed by atoms with Crippen molar-refractivity contribution in [2.75, 3.05) is 13.1 Å². The molecular weight excluding hydrogens is 282 g/mol. The van der Waals surface area contributed by atoms with Gasteiger partial charge >= 0.3 is 6.01 Å². The van der Waals surface area contributed by atoms with E-state index in [1.54, 1.807) is 28.0 Å². The molecule has 0 aromatic carbocycles. The van der Waals surface area contributed by atoms with Crippen LogP contribution in [0.3, 0.4) is 0 Å². The third-order valence-electron chi connectivity index (χ3n) is 3.59. The maximum Gasteiger partial charge on any atom is 0.317 e. The molecule has 0 unspecified atom stereocenters. The highest BCUT2D eigenvalue weighted by molar-refractivity contribution is 5.76. The van der Waals surface area contributed by atoms with Gasteiger partial charge in [0.1, 0.15) is 12.6 Å². The van der Waals surface area contributed by atoms with Crippen molar-refractivity contribution in [1.82, 2.24) is 24.6 Å². The van der Waals surface area contributed by atoms with Crippen LogP contribution in [-0.4, -0.2) is 49.7 Å². The van der Waals surface area contributed by atoms with Crippen molar-refractivity contribution in [1.29, 1.82) is 0 Å². The summed E-state index contributed by atoms with van der Waals surface area (Å²) in [4.78, 5) is 22.6. The van der Waals surface area contributed by atoms with Crippen LogP contribution in [0, 0.1) is 13.8 Å². The molecule has 1 saturated heterocycles. The quantitative estimate of drug-likeness (QED) is 0.841. The Kier molecular flexibility index (Phi) is 4.04. The number of amides is 1. The highest BCUT2D eigenvalue weighted by Gasteiger charge is 2.28. The fourth-order valence-electron chi connectivity index (χ4n) is 2.58. The van der Waals surface area contributed by atoms with E-state index in [4.69, 9.17) is 4.74 Å². The van der Waals surface area contributed by atoms with Crippen molar-refractivity contribution in [3.63, 3.8) is 0 Å². The Bertz CT molecular complexity index is 636. The molecule has 0 radical (unpaired) electrons. The van der Waals surface area contributed by atoms with Gasteiger partial charge in [0.2, 0.25) is 5.91 Å². The highest BCUT2D eigenvalue weighted by atomic mass is 16.5. The number of carbonyl (C=O) groups excluding carboxylic acids is 1. The van der Waals surface area contributed by atoms with Crippen molar-refractivity contribution in [3.05, 3.63) is 35.9 Å². The van der Waals surface area contributed by atoms with Gasteiger partial charge in [0.05, 0.1) is 6.54 Å². The van der Waals surface area contributed by atoms with Crippen LogP contribution in [-0.2, 0) is 11.3 Å². The van der Waals surface area contributed by atoms with Gasteiger partial charge in [-0.25, -0.2) is 9.97 Å². The topological polar surface area (TPSA) is 73.1 Å². The smallest absolute Gasteiger partial charge is 0.317 e.